The zero-order valence-corrected chi connectivity index (χ0v) is 15.0. The van der Waals surface area contributed by atoms with Crippen LogP contribution in [0.1, 0.15) is 12.5 Å². The first-order valence-corrected chi connectivity index (χ1v) is 7.92. The fourth-order valence-corrected chi connectivity index (χ4v) is 2.22. The highest BCUT2D eigenvalue weighted by atomic mass is 19.4. The van der Waals surface area contributed by atoms with Gasteiger partial charge in [-0.15, -0.1) is 13.2 Å². The number of rotatable bonds is 7. The molecule has 0 aliphatic carbocycles. The fourth-order valence-electron chi connectivity index (χ4n) is 2.22. The van der Waals surface area contributed by atoms with Gasteiger partial charge in [0.25, 0.3) is 0 Å². The fraction of sp³-hybridized carbons (Fsp3) is 0.211. The van der Waals surface area contributed by atoms with E-state index in [1.54, 1.807) is 38.7 Å². The van der Waals surface area contributed by atoms with Gasteiger partial charge in [0.05, 0.1) is 7.11 Å². The Morgan fingerprint density at radius 3 is 2.37 bits per heavy atom. The Morgan fingerprint density at radius 2 is 1.78 bits per heavy atom. The van der Waals surface area contributed by atoms with E-state index in [-0.39, 0.29) is 5.75 Å². The summed E-state index contributed by atoms with van der Waals surface area (Å²) in [5.74, 6) is 0.899. The largest absolute Gasteiger partial charge is 0.573 e. The molecule has 5 nitrogen and oxygen atoms in total. The van der Waals surface area contributed by atoms with E-state index in [1.807, 2.05) is 13.0 Å². The van der Waals surface area contributed by atoms with E-state index < -0.39 is 6.36 Å². The summed E-state index contributed by atoms with van der Waals surface area (Å²) < 4.78 is 51.7. The van der Waals surface area contributed by atoms with Crippen LogP contribution in [-0.2, 0) is 4.74 Å². The van der Waals surface area contributed by atoms with Gasteiger partial charge in [0.15, 0.2) is 0 Å². The van der Waals surface area contributed by atoms with Crippen LogP contribution in [-0.4, -0.2) is 25.5 Å². The molecule has 0 aliphatic rings. The number of methoxy groups -OCH3 is 1. The van der Waals surface area contributed by atoms with Gasteiger partial charge in [-0.25, -0.2) is 4.98 Å². The van der Waals surface area contributed by atoms with E-state index in [0.29, 0.717) is 23.0 Å². The molecule has 144 valence electrons. The zero-order valence-electron chi connectivity index (χ0n) is 15.0. The highest BCUT2D eigenvalue weighted by molar-refractivity contribution is 5.71. The number of nitrogens with one attached hydrogen (secondary N) is 1. The average molecular weight is 380 g/mol. The second-order valence-corrected chi connectivity index (χ2v) is 5.29. The predicted octanol–water partition coefficient (Wildman–Crippen LogP) is 4.88. The molecule has 2 aromatic rings. The first-order chi connectivity index (χ1) is 12.8. The lowest BCUT2D eigenvalue weighted by Gasteiger charge is -2.13. The average Bonchev–Trinajstić information content (AvgIpc) is 2.63. The van der Waals surface area contributed by atoms with E-state index in [2.05, 4.69) is 15.0 Å². The lowest BCUT2D eigenvalue weighted by molar-refractivity contribution is -0.274. The van der Waals surface area contributed by atoms with Crippen molar-refractivity contribution >= 4 is 5.57 Å². The number of pyridine rings is 1. The topological polar surface area (TPSA) is 52.6 Å². The summed E-state index contributed by atoms with van der Waals surface area (Å²) in [4.78, 5) is 4.21. The molecule has 1 aromatic carbocycles. The summed E-state index contributed by atoms with van der Waals surface area (Å²) in [7, 11) is 3.32. The first kappa shape index (κ1) is 20.2. The third-order valence-corrected chi connectivity index (χ3v) is 3.44. The number of ether oxygens (including phenoxy) is 3. The zero-order chi connectivity index (χ0) is 19.9. The molecule has 0 saturated carbocycles. The number of nitrogens with zero attached hydrogens (tertiary/aromatic N) is 1. The smallest absolute Gasteiger partial charge is 0.496 e. The Balaban J connectivity index is 2.28. The minimum Gasteiger partial charge on any atom is -0.496 e. The van der Waals surface area contributed by atoms with Crippen molar-refractivity contribution in [1.29, 1.82) is 0 Å². The van der Waals surface area contributed by atoms with Gasteiger partial charge >= 0.3 is 6.36 Å². The molecule has 0 fully saturated rings. The van der Waals surface area contributed by atoms with Crippen molar-refractivity contribution in [3.63, 3.8) is 0 Å². The highest BCUT2D eigenvalue weighted by Gasteiger charge is 2.31. The molecule has 0 spiro atoms. The van der Waals surface area contributed by atoms with Gasteiger partial charge in [-0.3, -0.25) is 0 Å². The van der Waals surface area contributed by atoms with Crippen LogP contribution in [0.25, 0.3) is 5.57 Å². The van der Waals surface area contributed by atoms with Crippen LogP contribution in [0.2, 0.25) is 0 Å². The van der Waals surface area contributed by atoms with Crippen molar-refractivity contribution < 1.29 is 27.4 Å². The van der Waals surface area contributed by atoms with Crippen LogP contribution in [0.4, 0.5) is 13.2 Å². The minimum atomic E-state index is -4.74. The van der Waals surface area contributed by atoms with E-state index in [9.17, 15) is 13.2 Å². The maximum absolute atomic E-state index is 12.2. The van der Waals surface area contributed by atoms with Crippen LogP contribution < -0.4 is 14.8 Å². The normalized spacial score (nSPS) is 12.5. The standard InChI is InChI=1S/C19H19F3N2O3/c1-13(17(25-3)10-12-23-2)16-5-4-11-24-18(16)26-14-6-8-15(9-7-14)27-19(20,21)22/h4-12,23H,1-3H3/b12-10-,17-13-. The Morgan fingerprint density at radius 1 is 1.11 bits per heavy atom. The summed E-state index contributed by atoms with van der Waals surface area (Å²) in [5.41, 5.74) is 1.47. The summed E-state index contributed by atoms with van der Waals surface area (Å²) in [6.45, 7) is 1.85. The molecule has 0 bridgehead atoms. The quantitative estimate of drug-likeness (QED) is 0.548. The summed E-state index contributed by atoms with van der Waals surface area (Å²) >= 11 is 0. The second kappa shape index (κ2) is 8.98. The van der Waals surface area contributed by atoms with Gasteiger partial charge in [0, 0.05) is 24.4 Å². The van der Waals surface area contributed by atoms with Crippen LogP contribution in [0, 0.1) is 0 Å². The molecule has 8 heteroatoms. The molecule has 27 heavy (non-hydrogen) atoms. The molecule has 0 saturated heterocycles. The van der Waals surface area contributed by atoms with Crippen molar-refractivity contribution in [2.24, 2.45) is 0 Å². The maximum Gasteiger partial charge on any atom is 0.573 e. The second-order valence-electron chi connectivity index (χ2n) is 5.29. The number of benzene rings is 1. The van der Waals surface area contributed by atoms with Crippen molar-refractivity contribution in [3.8, 4) is 17.4 Å². The monoisotopic (exact) mass is 380 g/mol. The molecular weight excluding hydrogens is 361 g/mol. The van der Waals surface area contributed by atoms with Gasteiger partial charge in [-0.2, -0.15) is 0 Å². The molecule has 0 radical (unpaired) electrons. The molecule has 0 atom stereocenters. The van der Waals surface area contributed by atoms with Gasteiger partial charge in [-0.05, 0) is 55.6 Å². The van der Waals surface area contributed by atoms with Gasteiger partial charge in [0.1, 0.15) is 17.3 Å². The highest BCUT2D eigenvalue weighted by Crippen LogP contribution is 2.31. The maximum atomic E-state index is 12.2. The van der Waals surface area contributed by atoms with Gasteiger partial charge < -0.3 is 19.5 Å². The van der Waals surface area contributed by atoms with Crippen LogP contribution in [0.15, 0.2) is 60.6 Å². The van der Waals surface area contributed by atoms with Crippen molar-refractivity contribution in [1.82, 2.24) is 10.3 Å². The number of hydrogen-bond donors (Lipinski definition) is 1. The predicted molar refractivity (Wildman–Crippen MR) is 95.2 cm³/mol. The van der Waals surface area contributed by atoms with Crippen molar-refractivity contribution in [3.05, 3.63) is 66.2 Å². The van der Waals surface area contributed by atoms with E-state index in [1.165, 1.54) is 24.3 Å². The molecule has 1 heterocycles. The summed E-state index contributed by atoms with van der Waals surface area (Å²) in [5, 5.41) is 2.88. The van der Waals surface area contributed by atoms with Crippen LogP contribution in [0.5, 0.6) is 17.4 Å². The third kappa shape index (κ3) is 5.95. The number of allylic oxidation sites excluding steroid dienone is 2. The molecular formula is C19H19F3N2O3. The van der Waals surface area contributed by atoms with Crippen molar-refractivity contribution in [2.75, 3.05) is 14.2 Å². The van der Waals surface area contributed by atoms with Gasteiger partial charge in [0.2, 0.25) is 5.88 Å². The lowest BCUT2D eigenvalue weighted by Crippen LogP contribution is -2.16. The minimum absolute atomic E-state index is 0.298. The van der Waals surface area contributed by atoms with E-state index in [4.69, 9.17) is 9.47 Å². The van der Waals surface area contributed by atoms with E-state index >= 15 is 0 Å². The Labute approximate surface area is 155 Å². The van der Waals surface area contributed by atoms with Crippen LogP contribution >= 0.6 is 0 Å². The van der Waals surface area contributed by atoms with Crippen molar-refractivity contribution in [2.45, 2.75) is 13.3 Å². The molecule has 0 unspecified atom stereocenters. The summed E-state index contributed by atoms with van der Waals surface area (Å²) in [6.07, 6.45) is 0.299. The molecule has 0 aliphatic heterocycles. The number of aromatic nitrogens is 1. The van der Waals surface area contributed by atoms with Gasteiger partial charge in [-0.1, -0.05) is 0 Å². The molecule has 1 N–H and O–H groups in total. The Hall–Kier alpha value is -3.16. The molecule has 2 rings (SSSR count). The first-order valence-electron chi connectivity index (χ1n) is 7.92. The SMILES string of the molecule is CN/C=C\C(OC)=C(/C)c1cccnc1Oc1ccc(OC(F)(F)F)cc1. The Bertz CT molecular complexity index is 816. The number of halogens is 3. The lowest BCUT2D eigenvalue weighted by atomic mass is 10.1. The molecule has 1 aromatic heterocycles. The number of alkyl halides is 3. The van der Waals surface area contributed by atoms with E-state index in [0.717, 1.165) is 5.57 Å². The van der Waals surface area contributed by atoms with Crippen LogP contribution in [0.3, 0.4) is 0 Å². The summed E-state index contributed by atoms with van der Waals surface area (Å²) in [6, 6.07) is 8.65. The third-order valence-electron chi connectivity index (χ3n) is 3.44. The molecule has 0 amide bonds. The Kier molecular flexibility index (Phi) is 6.70. The number of hydrogen-bond acceptors (Lipinski definition) is 5.